The number of amides is 1. The van der Waals surface area contributed by atoms with E-state index < -0.39 is 0 Å². The fourth-order valence-electron chi connectivity index (χ4n) is 2.85. The van der Waals surface area contributed by atoms with Crippen LogP contribution in [0.4, 0.5) is 0 Å². The second-order valence-corrected chi connectivity index (χ2v) is 6.67. The summed E-state index contributed by atoms with van der Waals surface area (Å²) in [6.07, 6.45) is 1.87. The van der Waals surface area contributed by atoms with Gasteiger partial charge in [-0.1, -0.05) is 32.0 Å². The SMILES string of the molecule is CCC(C)(CCNC(=O)C1(C)COC1)c1ccccc1OC. The maximum Gasteiger partial charge on any atom is 0.230 e. The zero-order valence-corrected chi connectivity index (χ0v) is 14.1. The second-order valence-electron chi connectivity index (χ2n) is 6.67. The van der Waals surface area contributed by atoms with Crippen molar-refractivity contribution in [1.29, 1.82) is 0 Å². The van der Waals surface area contributed by atoms with Gasteiger partial charge in [0.1, 0.15) is 5.75 Å². The first kappa shape index (κ1) is 16.8. The number of para-hydroxylation sites is 1. The molecule has 1 atom stereocenters. The highest BCUT2D eigenvalue weighted by Crippen LogP contribution is 2.37. The average Bonchev–Trinajstić information content (AvgIpc) is 2.52. The summed E-state index contributed by atoms with van der Waals surface area (Å²) in [6.45, 7) is 8.06. The number of hydrogen-bond donors (Lipinski definition) is 1. The number of ether oxygens (including phenoxy) is 2. The first-order chi connectivity index (χ1) is 10.4. The van der Waals surface area contributed by atoms with Crippen LogP contribution in [0.3, 0.4) is 0 Å². The maximum atomic E-state index is 12.2. The molecule has 1 unspecified atom stereocenters. The van der Waals surface area contributed by atoms with Crippen LogP contribution in [0, 0.1) is 5.41 Å². The molecule has 22 heavy (non-hydrogen) atoms. The molecular formula is C18H27NO3. The Bertz CT molecular complexity index is 525. The molecule has 0 aliphatic carbocycles. The minimum absolute atomic E-state index is 0.0170. The van der Waals surface area contributed by atoms with E-state index in [0.29, 0.717) is 19.8 Å². The van der Waals surface area contributed by atoms with Crippen molar-refractivity contribution in [3.05, 3.63) is 29.8 Å². The molecule has 0 saturated carbocycles. The largest absolute Gasteiger partial charge is 0.496 e. The van der Waals surface area contributed by atoms with Crippen LogP contribution >= 0.6 is 0 Å². The fraction of sp³-hybridized carbons (Fsp3) is 0.611. The van der Waals surface area contributed by atoms with Gasteiger partial charge in [-0.3, -0.25) is 4.79 Å². The highest BCUT2D eigenvalue weighted by Gasteiger charge is 2.41. The summed E-state index contributed by atoms with van der Waals surface area (Å²) in [5.41, 5.74) is 0.844. The molecule has 0 aromatic heterocycles. The summed E-state index contributed by atoms with van der Waals surface area (Å²) in [6, 6.07) is 8.13. The van der Waals surface area contributed by atoms with Crippen molar-refractivity contribution in [1.82, 2.24) is 5.32 Å². The van der Waals surface area contributed by atoms with Gasteiger partial charge in [-0.15, -0.1) is 0 Å². The molecule has 1 aromatic carbocycles. The van der Waals surface area contributed by atoms with E-state index in [0.717, 1.165) is 18.6 Å². The van der Waals surface area contributed by atoms with Gasteiger partial charge in [0, 0.05) is 12.1 Å². The van der Waals surface area contributed by atoms with Gasteiger partial charge in [0.15, 0.2) is 0 Å². The number of nitrogens with one attached hydrogen (secondary N) is 1. The van der Waals surface area contributed by atoms with Gasteiger partial charge in [-0.25, -0.2) is 0 Å². The van der Waals surface area contributed by atoms with Crippen LogP contribution in [0.15, 0.2) is 24.3 Å². The number of methoxy groups -OCH3 is 1. The molecule has 1 heterocycles. The summed E-state index contributed by atoms with van der Waals surface area (Å²) >= 11 is 0. The predicted octanol–water partition coefficient (Wildman–Crippen LogP) is 2.91. The van der Waals surface area contributed by atoms with E-state index in [1.807, 2.05) is 25.1 Å². The van der Waals surface area contributed by atoms with Crippen molar-refractivity contribution in [3.63, 3.8) is 0 Å². The lowest BCUT2D eigenvalue weighted by molar-refractivity contribution is -0.157. The predicted molar refractivity (Wildman–Crippen MR) is 87.2 cm³/mol. The third-order valence-corrected chi connectivity index (χ3v) is 4.89. The van der Waals surface area contributed by atoms with E-state index >= 15 is 0 Å². The quantitative estimate of drug-likeness (QED) is 0.842. The highest BCUT2D eigenvalue weighted by molar-refractivity contribution is 5.83. The summed E-state index contributed by atoms with van der Waals surface area (Å²) in [7, 11) is 1.70. The van der Waals surface area contributed by atoms with Crippen LogP contribution in [-0.2, 0) is 14.9 Å². The Hall–Kier alpha value is -1.55. The van der Waals surface area contributed by atoms with Crippen molar-refractivity contribution in [2.24, 2.45) is 5.41 Å². The Balaban J connectivity index is 2.00. The Labute approximate surface area is 133 Å². The van der Waals surface area contributed by atoms with Crippen LogP contribution in [-0.4, -0.2) is 32.8 Å². The molecule has 4 nitrogen and oxygen atoms in total. The number of benzene rings is 1. The van der Waals surface area contributed by atoms with Crippen LogP contribution in [0.25, 0.3) is 0 Å². The Morgan fingerprint density at radius 2 is 2.09 bits per heavy atom. The van der Waals surface area contributed by atoms with Crippen molar-refractivity contribution in [2.75, 3.05) is 26.9 Å². The minimum Gasteiger partial charge on any atom is -0.496 e. The number of carbonyl (C=O) groups is 1. The van der Waals surface area contributed by atoms with Crippen LogP contribution in [0.2, 0.25) is 0 Å². The normalized spacial score (nSPS) is 18.9. The summed E-state index contributed by atoms with van der Waals surface area (Å²) < 4.78 is 10.6. The minimum atomic E-state index is -0.340. The topological polar surface area (TPSA) is 47.6 Å². The van der Waals surface area contributed by atoms with Crippen LogP contribution < -0.4 is 10.1 Å². The first-order valence-corrected chi connectivity index (χ1v) is 7.95. The van der Waals surface area contributed by atoms with E-state index in [1.165, 1.54) is 5.56 Å². The van der Waals surface area contributed by atoms with Crippen LogP contribution in [0.1, 0.15) is 39.2 Å². The molecule has 0 radical (unpaired) electrons. The van der Waals surface area contributed by atoms with E-state index in [9.17, 15) is 4.79 Å². The first-order valence-electron chi connectivity index (χ1n) is 7.95. The van der Waals surface area contributed by atoms with Crippen LogP contribution in [0.5, 0.6) is 5.75 Å². The molecule has 1 amide bonds. The highest BCUT2D eigenvalue weighted by atomic mass is 16.5. The second kappa shape index (κ2) is 6.69. The smallest absolute Gasteiger partial charge is 0.230 e. The zero-order chi connectivity index (χ0) is 16.2. The zero-order valence-electron chi connectivity index (χ0n) is 14.1. The van der Waals surface area contributed by atoms with Gasteiger partial charge in [-0.05, 0) is 31.2 Å². The number of rotatable bonds is 7. The van der Waals surface area contributed by atoms with Crippen molar-refractivity contribution in [2.45, 2.75) is 39.0 Å². The lowest BCUT2D eigenvalue weighted by Crippen LogP contribution is -2.52. The summed E-state index contributed by atoms with van der Waals surface area (Å²) in [4.78, 5) is 12.2. The summed E-state index contributed by atoms with van der Waals surface area (Å²) in [5, 5.41) is 3.06. The molecule has 0 bridgehead atoms. The summed E-state index contributed by atoms with van der Waals surface area (Å²) in [5.74, 6) is 1.01. The fourth-order valence-corrected chi connectivity index (χ4v) is 2.85. The third-order valence-electron chi connectivity index (χ3n) is 4.89. The van der Waals surface area contributed by atoms with E-state index in [4.69, 9.17) is 9.47 Å². The van der Waals surface area contributed by atoms with Crippen molar-refractivity contribution in [3.8, 4) is 5.75 Å². The average molecular weight is 305 g/mol. The van der Waals surface area contributed by atoms with Crippen molar-refractivity contribution < 1.29 is 14.3 Å². The van der Waals surface area contributed by atoms with E-state index in [1.54, 1.807) is 7.11 Å². The molecule has 1 aliphatic heterocycles. The molecular weight excluding hydrogens is 278 g/mol. The maximum absolute atomic E-state index is 12.2. The van der Waals surface area contributed by atoms with Gasteiger partial charge in [0.2, 0.25) is 5.91 Å². The molecule has 2 rings (SSSR count). The van der Waals surface area contributed by atoms with Gasteiger partial charge < -0.3 is 14.8 Å². The number of carbonyl (C=O) groups excluding carboxylic acids is 1. The third kappa shape index (κ3) is 3.27. The Morgan fingerprint density at radius 3 is 2.64 bits per heavy atom. The monoisotopic (exact) mass is 305 g/mol. The van der Waals surface area contributed by atoms with Gasteiger partial charge >= 0.3 is 0 Å². The molecule has 4 heteroatoms. The lowest BCUT2D eigenvalue weighted by Gasteiger charge is -2.37. The molecule has 1 N–H and O–H groups in total. The molecule has 1 fully saturated rings. The molecule has 0 spiro atoms. The lowest BCUT2D eigenvalue weighted by atomic mass is 9.76. The van der Waals surface area contributed by atoms with Gasteiger partial charge in [0.25, 0.3) is 0 Å². The molecule has 1 saturated heterocycles. The van der Waals surface area contributed by atoms with E-state index in [-0.39, 0.29) is 16.7 Å². The van der Waals surface area contributed by atoms with Gasteiger partial charge in [-0.2, -0.15) is 0 Å². The molecule has 1 aromatic rings. The molecule has 122 valence electrons. The Kier molecular flexibility index (Phi) is 5.12. The van der Waals surface area contributed by atoms with E-state index in [2.05, 4.69) is 25.2 Å². The molecule has 1 aliphatic rings. The number of hydrogen-bond acceptors (Lipinski definition) is 3. The standard InChI is InChI=1S/C18H27NO3/c1-5-17(2,14-8-6-7-9-15(14)21-4)10-11-19-16(20)18(3)12-22-13-18/h6-9H,5,10-13H2,1-4H3,(H,19,20). The van der Waals surface area contributed by atoms with Crippen molar-refractivity contribution >= 4 is 5.91 Å². The van der Waals surface area contributed by atoms with Gasteiger partial charge in [0.05, 0.1) is 25.7 Å². The Morgan fingerprint density at radius 1 is 1.41 bits per heavy atom.